The number of benzene rings is 1. The molecule has 0 bridgehead atoms. The Hall–Kier alpha value is -2.56. The van der Waals surface area contributed by atoms with Gasteiger partial charge in [0.2, 0.25) is 11.8 Å². The van der Waals surface area contributed by atoms with Crippen LogP contribution in [0.15, 0.2) is 57.0 Å². The molecule has 3 N–H and O–H groups in total. The van der Waals surface area contributed by atoms with Crippen molar-refractivity contribution in [2.75, 3.05) is 0 Å². The van der Waals surface area contributed by atoms with Crippen LogP contribution in [0.1, 0.15) is 17.0 Å². The summed E-state index contributed by atoms with van der Waals surface area (Å²) in [6.07, 6.45) is 0. The Labute approximate surface area is 150 Å². The highest BCUT2D eigenvalue weighted by Gasteiger charge is 2.35. The van der Waals surface area contributed by atoms with Gasteiger partial charge in [-0.05, 0) is 34.5 Å². The number of aromatic nitrogens is 2. The molecular weight excluding hydrogens is 388 g/mol. The molecule has 5 nitrogen and oxygen atoms in total. The van der Waals surface area contributed by atoms with Gasteiger partial charge in [-0.2, -0.15) is 16.6 Å². The SMILES string of the molecule is N#CC1=C(N)Oc2n[nH]c(-c3ccc(Br)cc3)c2[C@H]1c1ccsc1. The van der Waals surface area contributed by atoms with Gasteiger partial charge in [-0.25, -0.2) is 0 Å². The number of thiophene rings is 1. The van der Waals surface area contributed by atoms with E-state index in [0.717, 1.165) is 26.9 Å². The lowest BCUT2D eigenvalue weighted by molar-refractivity contribution is 0.379. The Morgan fingerprint density at radius 1 is 1.29 bits per heavy atom. The molecule has 0 spiro atoms. The van der Waals surface area contributed by atoms with Gasteiger partial charge in [0.25, 0.3) is 0 Å². The Bertz CT molecular complexity index is 967. The van der Waals surface area contributed by atoms with E-state index in [0.29, 0.717) is 11.5 Å². The lowest BCUT2D eigenvalue weighted by atomic mass is 9.84. The van der Waals surface area contributed by atoms with Crippen LogP contribution in [0.5, 0.6) is 5.88 Å². The number of ether oxygens (including phenoxy) is 1. The van der Waals surface area contributed by atoms with Crippen molar-refractivity contribution < 1.29 is 4.74 Å². The van der Waals surface area contributed by atoms with Crippen LogP contribution < -0.4 is 10.5 Å². The summed E-state index contributed by atoms with van der Waals surface area (Å²) in [6.45, 7) is 0. The van der Waals surface area contributed by atoms with E-state index in [1.165, 1.54) is 0 Å². The van der Waals surface area contributed by atoms with E-state index in [1.807, 2.05) is 41.1 Å². The number of aromatic amines is 1. The fourth-order valence-electron chi connectivity index (χ4n) is 2.85. The average Bonchev–Trinajstić information content (AvgIpc) is 3.24. The quantitative estimate of drug-likeness (QED) is 0.679. The third-order valence-corrected chi connectivity index (χ3v) is 5.18. The van der Waals surface area contributed by atoms with Crippen molar-refractivity contribution in [1.29, 1.82) is 5.26 Å². The first kappa shape index (κ1) is 15.0. The molecule has 118 valence electrons. The maximum Gasteiger partial charge on any atom is 0.244 e. The van der Waals surface area contributed by atoms with Crippen LogP contribution in [0.25, 0.3) is 11.3 Å². The molecule has 7 heteroatoms. The number of hydrogen-bond donors (Lipinski definition) is 2. The van der Waals surface area contributed by atoms with Gasteiger partial charge in [-0.1, -0.05) is 28.1 Å². The lowest BCUT2D eigenvalue weighted by Crippen LogP contribution is -2.20. The molecule has 1 atom stereocenters. The Kier molecular flexibility index (Phi) is 3.63. The van der Waals surface area contributed by atoms with Crippen LogP contribution in [0.2, 0.25) is 0 Å². The minimum absolute atomic E-state index is 0.107. The van der Waals surface area contributed by atoms with Gasteiger partial charge in [-0.15, -0.1) is 5.10 Å². The van der Waals surface area contributed by atoms with E-state index >= 15 is 0 Å². The van der Waals surface area contributed by atoms with E-state index in [-0.39, 0.29) is 11.8 Å². The Morgan fingerprint density at radius 3 is 2.75 bits per heavy atom. The molecule has 24 heavy (non-hydrogen) atoms. The van der Waals surface area contributed by atoms with Gasteiger partial charge in [-0.3, -0.25) is 5.10 Å². The first-order chi connectivity index (χ1) is 11.7. The highest BCUT2D eigenvalue weighted by molar-refractivity contribution is 9.10. The van der Waals surface area contributed by atoms with Crippen molar-refractivity contribution in [2.24, 2.45) is 5.73 Å². The summed E-state index contributed by atoms with van der Waals surface area (Å²) < 4.78 is 6.57. The molecule has 1 aromatic carbocycles. The van der Waals surface area contributed by atoms with Crippen LogP contribution in [0.3, 0.4) is 0 Å². The zero-order chi connectivity index (χ0) is 16.7. The maximum atomic E-state index is 9.59. The van der Waals surface area contributed by atoms with E-state index in [1.54, 1.807) is 11.3 Å². The van der Waals surface area contributed by atoms with Gasteiger partial charge in [0.05, 0.1) is 17.2 Å². The number of nitrogens with two attached hydrogens (primary N) is 1. The average molecular weight is 399 g/mol. The molecule has 0 aliphatic carbocycles. The van der Waals surface area contributed by atoms with Crippen molar-refractivity contribution in [3.63, 3.8) is 0 Å². The zero-order valence-corrected chi connectivity index (χ0v) is 14.7. The van der Waals surface area contributed by atoms with Crippen molar-refractivity contribution >= 4 is 27.3 Å². The fourth-order valence-corrected chi connectivity index (χ4v) is 3.80. The first-order valence-corrected chi connectivity index (χ1v) is 8.86. The predicted molar refractivity (Wildman–Crippen MR) is 95.3 cm³/mol. The number of halogens is 1. The molecule has 0 unspecified atom stereocenters. The number of rotatable bonds is 2. The number of nitrogens with zero attached hydrogens (tertiary/aromatic N) is 2. The molecule has 0 saturated carbocycles. The molecule has 0 amide bonds. The molecule has 0 saturated heterocycles. The normalized spacial score (nSPS) is 16.4. The number of fused-ring (bicyclic) bond motifs is 1. The van der Waals surface area contributed by atoms with Crippen LogP contribution in [-0.4, -0.2) is 10.2 Å². The van der Waals surface area contributed by atoms with Gasteiger partial charge in [0, 0.05) is 10.0 Å². The van der Waals surface area contributed by atoms with E-state index < -0.39 is 0 Å². The second kappa shape index (κ2) is 5.82. The molecule has 3 heterocycles. The summed E-state index contributed by atoms with van der Waals surface area (Å²) in [6, 6.07) is 12.1. The standard InChI is InChI=1S/C17H11BrN4OS/c18-11-3-1-9(2-4-11)15-14-13(10-5-6-24-8-10)12(7-19)16(20)23-17(14)22-21-15/h1-6,8,13H,20H2,(H,21,22)/t13-/m0/s1. The molecule has 0 fully saturated rings. The van der Waals surface area contributed by atoms with Crippen molar-refractivity contribution in [3.05, 3.63) is 68.1 Å². The van der Waals surface area contributed by atoms with Crippen LogP contribution in [0.4, 0.5) is 0 Å². The number of hydrogen-bond acceptors (Lipinski definition) is 5. The lowest BCUT2D eigenvalue weighted by Gasteiger charge is -2.23. The summed E-state index contributed by atoms with van der Waals surface area (Å²) in [4.78, 5) is 0. The summed E-state index contributed by atoms with van der Waals surface area (Å²) in [5.74, 6) is 0.234. The second-order valence-electron chi connectivity index (χ2n) is 5.31. The predicted octanol–water partition coefficient (Wildman–Crippen LogP) is 4.12. The molecule has 4 rings (SSSR count). The summed E-state index contributed by atoms with van der Waals surface area (Å²) >= 11 is 5.02. The molecule has 3 aromatic rings. The largest absolute Gasteiger partial charge is 0.420 e. The summed E-state index contributed by atoms with van der Waals surface area (Å²) in [5, 5.41) is 20.9. The van der Waals surface area contributed by atoms with E-state index in [2.05, 4.69) is 32.2 Å². The molecule has 2 aromatic heterocycles. The number of nitrogens with one attached hydrogen (secondary N) is 1. The van der Waals surface area contributed by atoms with Crippen LogP contribution in [-0.2, 0) is 0 Å². The number of nitriles is 1. The number of H-pyrrole nitrogens is 1. The first-order valence-electron chi connectivity index (χ1n) is 7.13. The third kappa shape index (κ3) is 2.31. The van der Waals surface area contributed by atoms with Crippen LogP contribution >= 0.6 is 27.3 Å². The zero-order valence-electron chi connectivity index (χ0n) is 12.3. The monoisotopic (exact) mass is 398 g/mol. The summed E-state index contributed by atoms with van der Waals surface area (Å²) in [7, 11) is 0. The molecule has 1 aliphatic heterocycles. The van der Waals surface area contributed by atoms with Gasteiger partial charge < -0.3 is 10.5 Å². The maximum absolute atomic E-state index is 9.59. The van der Waals surface area contributed by atoms with Crippen molar-refractivity contribution in [3.8, 4) is 23.2 Å². The second-order valence-corrected chi connectivity index (χ2v) is 7.00. The third-order valence-electron chi connectivity index (χ3n) is 3.95. The fraction of sp³-hybridized carbons (Fsp3) is 0.0588. The molecule has 1 aliphatic rings. The van der Waals surface area contributed by atoms with E-state index in [4.69, 9.17) is 10.5 Å². The van der Waals surface area contributed by atoms with Crippen molar-refractivity contribution in [2.45, 2.75) is 5.92 Å². The van der Waals surface area contributed by atoms with Gasteiger partial charge in [0.15, 0.2) is 0 Å². The minimum atomic E-state index is -0.289. The topological polar surface area (TPSA) is 87.7 Å². The van der Waals surface area contributed by atoms with Crippen LogP contribution in [0, 0.1) is 11.3 Å². The molecular formula is C17H11BrN4OS. The highest BCUT2D eigenvalue weighted by atomic mass is 79.9. The summed E-state index contributed by atoms with van der Waals surface area (Å²) in [5.41, 5.74) is 9.98. The van der Waals surface area contributed by atoms with Gasteiger partial charge >= 0.3 is 0 Å². The van der Waals surface area contributed by atoms with Gasteiger partial charge in [0.1, 0.15) is 11.6 Å². The Morgan fingerprint density at radius 2 is 2.08 bits per heavy atom. The smallest absolute Gasteiger partial charge is 0.244 e. The van der Waals surface area contributed by atoms with Crippen molar-refractivity contribution in [1.82, 2.24) is 10.2 Å². The Balaban J connectivity index is 1.94. The highest BCUT2D eigenvalue weighted by Crippen LogP contribution is 2.46. The number of allylic oxidation sites excluding steroid dienone is 1. The minimum Gasteiger partial charge on any atom is -0.420 e. The van der Waals surface area contributed by atoms with E-state index in [9.17, 15) is 5.26 Å². The molecule has 0 radical (unpaired) electrons.